The molecule has 1 aromatic rings. The average molecular weight is 334 g/mol. The Labute approximate surface area is 130 Å². The number of hydrogen-bond donors (Lipinski definition) is 1. The van der Waals surface area contributed by atoms with Crippen LogP contribution in [0.5, 0.6) is 0 Å². The van der Waals surface area contributed by atoms with E-state index in [9.17, 15) is 33.2 Å². The molecular formula is C14H17F3N2O4. The fourth-order valence-electron chi connectivity index (χ4n) is 1.86. The smallest absolute Gasteiger partial charge is 0.380 e. The molecule has 1 aromatic carbocycles. The lowest BCUT2D eigenvalue weighted by atomic mass is 9.99. The first-order valence-corrected chi connectivity index (χ1v) is 6.66. The number of rotatable bonds is 5. The molecule has 9 heteroatoms. The van der Waals surface area contributed by atoms with Crippen molar-refractivity contribution in [3.8, 4) is 0 Å². The number of benzene rings is 1. The van der Waals surface area contributed by atoms with Gasteiger partial charge in [-0.1, -0.05) is 12.1 Å². The summed E-state index contributed by atoms with van der Waals surface area (Å²) in [6.45, 7) is 2.05. The summed E-state index contributed by atoms with van der Waals surface area (Å²) in [6.07, 6.45) is -6.06. The van der Waals surface area contributed by atoms with Gasteiger partial charge >= 0.3 is 6.18 Å². The molecule has 0 saturated carbocycles. The Hall–Kier alpha value is -2.16. The van der Waals surface area contributed by atoms with Crippen LogP contribution in [0.4, 0.5) is 18.9 Å². The van der Waals surface area contributed by atoms with E-state index in [0.29, 0.717) is 12.5 Å². The van der Waals surface area contributed by atoms with Crippen molar-refractivity contribution in [2.75, 3.05) is 7.05 Å². The second kappa shape index (κ2) is 6.53. The van der Waals surface area contributed by atoms with Crippen molar-refractivity contribution in [2.24, 2.45) is 0 Å². The van der Waals surface area contributed by atoms with Gasteiger partial charge in [-0.2, -0.15) is 13.2 Å². The van der Waals surface area contributed by atoms with Crippen LogP contribution < -0.4 is 0 Å². The monoisotopic (exact) mass is 334 g/mol. The van der Waals surface area contributed by atoms with Crippen molar-refractivity contribution < 1.29 is 28.0 Å². The van der Waals surface area contributed by atoms with Crippen molar-refractivity contribution in [1.29, 1.82) is 0 Å². The molecule has 0 aliphatic rings. The van der Waals surface area contributed by atoms with Gasteiger partial charge < -0.3 is 10.0 Å². The maximum atomic E-state index is 12.6. The van der Waals surface area contributed by atoms with Crippen LogP contribution in [0.3, 0.4) is 0 Å². The van der Waals surface area contributed by atoms with Crippen LogP contribution in [0.25, 0.3) is 0 Å². The minimum Gasteiger partial charge on any atom is -0.380 e. The van der Waals surface area contributed by atoms with E-state index < -0.39 is 35.1 Å². The van der Waals surface area contributed by atoms with Gasteiger partial charge in [0.25, 0.3) is 5.69 Å². The molecule has 23 heavy (non-hydrogen) atoms. The standard InChI is InChI=1S/C14H17F3N2O4/c1-9(10-5-4-6-11(7-10)19(22)23)18(3)12(20)8-13(2,21)14(15,16)17/h4-7,9,21H,8H2,1-3H3/t9-,13+/m1/s1. The van der Waals surface area contributed by atoms with Crippen LogP contribution in [-0.4, -0.2) is 39.7 Å². The summed E-state index contributed by atoms with van der Waals surface area (Å²) in [4.78, 5) is 23.1. The Morgan fingerprint density at radius 3 is 2.48 bits per heavy atom. The molecule has 128 valence electrons. The molecule has 0 saturated heterocycles. The van der Waals surface area contributed by atoms with E-state index in [2.05, 4.69) is 0 Å². The minimum absolute atomic E-state index is 0.183. The van der Waals surface area contributed by atoms with Gasteiger partial charge in [-0.15, -0.1) is 0 Å². The third kappa shape index (κ3) is 4.41. The van der Waals surface area contributed by atoms with Gasteiger partial charge in [0.15, 0.2) is 5.60 Å². The Balaban J connectivity index is 2.92. The van der Waals surface area contributed by atoms with E-state index in [-0.39, 0.29) is 5.69 Å². The molecule has 0 spiro atoms. The summed E-state index contributed by atoms with van der Waals surface area (Å²) in [7, 11) is 1.28. The third-order valence-electron chi connectivity index (χ3n) is 3.64. The van der Waals surface area contributed by atoms with Gasteiger partial charge in [0.2, 0.25) is 5.91 Å². The zero-order valence-electron chi connectivity index (χ0n) is 12.8. The van der Waals surface area contributed by atoms with Gasteiger partial charge in [0.1, 0.15) is 0 Å². The average Bonchev–Trinajstić information content (AvgIpc) is 2.44. The Kier molecular flexibility index (Phi) is 5.36. The van der Waals surface area contributed by atoms with Crippen molar-refractivity contribution in [2.45, 2.75) is 38.1 Å². The highest BCUT2D eigenvalue weighted by molar-refractivity contribution is 5.77. The first-order chi connectivity index (χ1) is 10.4. The number of nitro groups is 1. The number of amides is 1. The van der Waals surface area contributed by atoms with Crippen molar-refractivity contribution in [3.63, 3.8) is 0 Å². The second-order valence-corrected chi connectivity index (χ2v) is 5.48. The lowest BCUT2D eigenvalue weighted by Gasteiger charge is -2.30. The summed E-state index contributed by atoms with van der Waals surface area (Å²) >= 11 is 0. The number of non-ortho nitro benzene ring substituents is 1. The molecule has 0 aliphatic heterocycles. The highest BCUT2D eigenvalue weighted by atomic mass is 19.4. The van der Waals surface area contributed by atoms with Gasteiger partial charge in [0, 0.05) is 19.2 Å². The SMILES string of the molecule is C[C@H](c1cccc([N+](=O)[O-])c1)N(C)C(=O)C[C@](C)(O)C(F)(F)F. The largest absolute Gasteiger partial charge is 0.417 e. The van der Waals surface area contributed by atoms with Crippen LogP contribution in [-0.2, 0) is 4.79 Å². The summed E-state index contributed by atoms with van der Waals surface area (Å²) < 4.78 is 37.9. The van der Waals surface area contributed by atoms with Crippen molar-refractivity contribution >= 4 is 11.6 Å². The van der Waals surface area contributed by atoms with Crippen LogP contribution in [0.15, 0.2) is 24.3 Å². The highest BCUT2D eigenvalue weighted by Gasteiger charge is 2.51. The van der Waals surface area contributed by atoms with Crippen molar-refractivity contribution in [3.05, 3.63) is 39.9 Å². The molecule has 0 heterocycles. The molecule has 0 radical (unpaired) electrons. The number of alkyl halides is 3. The molecule has 1 amide bonds. The molecule has 0 unspecified atom stereocenters. The lowest BCUT2D eigenvalue weighted by molar-refractivity contribution is -0.384. The Morgan fingerprint density at radius 2 is 2.00 bits per heavy atom. The molecule has 1 rings (SSSR count). The van der Waals surface area contributed by atoms with E-state index in [1.54, 1.807) is 0 Å². The molecule has 0 aliphatic carbocycles. The molecule has 0 fully saturated rings. The number of nitro benzene ring substituents is 1. The first kappa shape index (κ1) is 18.9. The molecular weight excluding hydrogens is 317 g/mol. The van der Waals surface area contributed by atoms with Crippen LogP contribution >= 0.6 is 0 Å². The lowest BCUT2D eigenvalue weighted by Crippen LogP contribution is -2.46. The van der Waals surface area contributed by atoms with E-state index >= 15 is 0 Å². The summed E-state index contributed by atoms with van der Waals surface area (Å²) in [5.41, 5.74) is -2.92. The molecule has 0 bridgehead atoms. The number of hydrogen-bond acceptors (Lipinski definition) is 4. The fourth-order valence-corrected chi connectivity index (χ4v) is 1.86. The van der Waals surface area contributed by atoms with E-state index in [1.165, 1.54) is 38.2 Å². The van der Waals surface area contributed by atoms with Gasteiger partial charge in [-0.3, -0.25) is 14.9 Å². The maximum absolute atomic E-state index is 12.6. The molecule has 6 nitrogen and oxygen atoms in total. The zero-order chi connectivity index (χ0) is 18.0. The number of carbonyl (C=O) groups is 1. The van der Waals surface area contributed by atoms with Crippen molar-refractivity contribution in [1.82, 2.24) is 4.90 Å². The summed E-state index contributed by atoms with van der Waals surface area (Å²) in [5.74, 6) is -0.925. The predicted octanol–water partition coefficient (Wildman–Crippen LogP) is 2.82. The number of aliphatic hydroxyl groups is 1. The number of halogens is 3. The quantitative estimate of drug-likeness (QED) is 0.663. The van der Waals surface area contributed by atoms with Gasteiger partial charge in [-0.05, 0) is 19.4 Å². The second-order valence-electron chi connectivity index (χ2n) is 5.48. The van der Waals surface area contributed by atoms with Gasteiger partial charge in [0.05, 0.1) is 17.4 Å². The molecule has 0 aromatic heterocycles. The predicted molar refractivity (Wildman–Crippen MR) is 75.6 cm³/mol. The van der Waals surface area contributed by atoms with Crippen LogP contribution in [0, 0.1) is 10.1 Å². The zero-order valence-corrected chi connectivity index (χ0v) is 12.8. The Morgan fingerprint density at radius 1 is 1.43 bits per heavy atom. The first-order valence-electron chi connectivity index (χ1n) is 6.66. The normalized spacial score (nSPS) is 15.6. The molecule has 2 atom stereocenters. The number of carbonyl (C=O) groups excluding carboxylic acids is 1. The topological polar surface area (TPSA) is 83.7 Å². The van der Waals surface area contributed by atoms with Crippen LogP contribution in [0.2, 0.25) is 0 Å². The van der Waals surface area contributed by atoms with Crippen LogP contribution in [0.1, 0.15) is 31.9 Å². The highest BCUT2D eigenvalue weighted by Crippen LogP contribution is 2.34. The maximum Gasteiger partial charge on any atom is 0.417 e. The third-order valence-corrected chi connectivity index (χ3v) is 3.64. The summed E-state index contributed by atoms with van der Waals surface area (Å²) in [5, 5.41) is 20.1. The van der Waals surface area contributed by atoms with E-state index in [4.69, 9.17) is 0 Å². The minimum atomic E-state index is -4.93. The Bertz CT molecular complexity index is 602. The number of nitrogens with zero attached hydrogens (tertiary/aromatic N) is 2. The summed E-state index contributed by atoms with van der Waals surface area (Å²) in [6, 6.07) is 4.78. The fraction of sp³-hybridized carbons (Fsp3) is 0.500. The van der Waals surface area contributed by atoms with E-state index in [0.717, 1.165) is 4.90 Å². The van der Waals surface area contributed by atoms with E-state index in [1.807, 2.05) is 0 Å². The van der Waals surface area contributed by atoms with Gasteiger partial charge in [-0.25, -0.2) is 0 Å². The molecule has 1 N–H and O–H groups in total.